The van der Waals surface area contributed by atoms with Crippen molar-refractivity contribution in [1.82, 2.24) is 0 Å². The molecule has 5 aromatic rings. The fraction of sp³-hybridized carbons (Fsp3) is 0.0769. The number of esters is 1. The van der Waals surface area contributed by atoms with E-state index in [4.69, 9.17) is 13.6 Å². The zero-order chi connectivity index (χ0) is 21.4. The first kappa shape index (κ1) is 18.9. The van der Waals surface area contributed by atoms with Gasteiger partial charge in [-0.3, -0.25) is 4.79 Å². The van der Waals surface area contributed by atoms with Crippen LogP contribution in [0.3, 0.4) is 0 Å². The van der Waals surface area contributed by atoms with Crippen LogP contribution in [0.5, 0.6) is 5.75 Å². The Morgan fingerprint density at radius 3 is 2.45 bits per heavy atom. The molecular weight excluding hydrogens is 392 g/mol. The van der Waals surface area contributed by atoms with Gasteiger partial charge >= 0.3 is 11.6 Å². The second kappa shape index (κ2) is 7.61. The van der Waals surface area contributed by atoms with Gasteiger partial charge in [0.05, 0.1) is 6.42 Å². The summed E-state index contributed by atoms with van der Waals surface area (Å²) in [4.78, 5) is 24.7. The van der Waals surface area contributed by atoms with E-state index in [0.29, 0.717) is 33.6 Å². The van der Waals surface area contributed by atoms with E-state index in [1.54, 1.807) is 19.1 Å². The van der Waals surface area contributed by atoms with E-state index in [9.17, 15) is 9.59 Å². The maximum atomic E-state index is 12.5. The molecule has 0 atom stereocenters. The van der Waals surface area contributed by atoms with Crippen LogP contribution in [0.4, 0.5) is 0 Å². The highest BCUT2D eigenvalue weighted by molar-refractivity contribution is 5.96. The lowest BCUT2D eigenvalue weighted by Crippen LogP contribution is -2.12. The first-order valence-corrected chi connectivity index (χ1v) is 9.89. The van der Waals surface area contributed by atoms with Gasteiger partial charge in [-0.25, -0.2) is 4.79 Å². The molecule has 0 unspecified atom stereocenters. The summed E-state index contributed by atoms with van der Waals surface area (Å²) in [5, 5.41) is 1.56. The summed E-state index contributed by atoms with van der Waals surface area (Å²) in [6.07, 6.45) is 0.165. The zero-order valence-corrected chi connectivity index (χ0v) is 16.8. The molecule has 0 saturated heterocycles. The normalized spacial score (nSPS) is 11.1. The van der Waals surface area contributed by atoms with Crippen molar-refractivity contribution in [3.63, 3.8) is 0 Å². The Morgan fingerprint density at radius 2 is 1.65 bits per heavy atom. The predicted molar refractivity (Wildman–Crippen MR) is 118 cm³/mol. The van der Waals surface area contributed by atoms with E-state index < -0.39 is 5.63 Å². The van der Waals surface area contributed by atoms with Crippen LogP contribution in [0.25, 0.3) is 33.3 Å². The summed E-state index contributed by atoms with van der Waals surface area (Å²) in [7, 11) is 0. The van der Waals surface area contributed by atoms with Crippen LogP contribution in [0.15, 0.2) is 92.5 Å². The lowest BCUT2D eigenvalue weighted by molar-refractivity contribution is -0.133. The molecule has 5 heteroatoms. The number of ether oxygens (including phenoxy) is 1. The molecule has 2 heterocycles. The molecule has 0 bridgehead atoms. The van der Waals surface area contributed by atoms with Crippen LogP contribution in [0.2, 0.25) is 0 Å². The van der Waals surface area contributed by atoms with Gasteiger partial charge in [-0.05, 0) is 42.3 Å². The molecule has 0 aliphatic heterocycles. The lowest BCUT2D eigenvalue weighted by atomic mass is 10.0. The summed E-state index contributed by atoms with van der Waals surface area (Å²) >= 11 is 0. The Kier molecular flexibility index (Phi) is 4.64. The summed E-state index contributed by atoms with van der Waals surface area (Å²) in [6.45, 7) is 1.80. The first-order valence-electron chi connectivity index (χ1n) is 9.89. The number of benzene rings is 3. The van der Waals surface area contributed by atoms with Crippen LogP contribution < -0.4 is 10.4 Å². The van der Waals surface area contributed by atoms with Crippen molar-refractivity contribution in [2.24, 2.45) is 0 Å². The molecule has 5 nitrogen and oxygen atoms in total. The summed E-state index contributed by atoms with van der Waals surface area (Å²) < 4.78 is 17.0. The van der Waals surface area contributed by atoms with Crippen LogP contribution in [-0.2, 0) is 11.2 Å². The van der Waals surface area contributed by atoms with Gasteiger partial charge in [-0.1, -0.05) is 48.5 Å². The molecule has 5 rings (SSSR count). The van der Waals surface area contributed by atoms with Crippen molar-refractivity contribution in [2.45, 2.75) is 13.3 Å². The highest BCUT2D eigenvalue weighted by Crippen LogP contribution is 2.35. The Balaban J connectivity index is 1.57. The monoisotopic (exact) mass is 410 g/mol. The fourth-order valence-corrected chi connectivity index (χ4v) is 3.64. The Morgan fingerprint density at radius 1 is 0.871 bits per heavy atom. The SMILES string of the molecule is Cc1cc2oc(=O)cc(-c3cc4ccccc4o3)c2cc1OC(=O)Cc1ccccc1. The Hall–Kier alpha value is -4.12. The number of carbonyl (C=O) groups excluding carboxylic acids is 1. The standard InChI is InChI=1S/C26H18O5/c1-16-11-23-19(14-22(16)30-25(27)12-17-7-3-2-4-8-17)20(15-26(28)31-23)24-13-18-9-5-6-10-21(18)29-24/h2-11,13-15H,12H2,1H3. The van der Waals surface area contributed by atoms with E-state index in [2.05, 4.69) is 0 Å². The van der Waals surface area contributed by atoms with E-state index in [1.165, 1.54) is 6.07 Å². The van der Waals surface area contributed by atoms with Crippen LogP contribution >= 0.6 is 0 Å². The van der Waals surface area contributed by atoms with E-state index >= 15 is 0 Å². The largest absolute Gasteiger partial charge is 0.456 e. The second-order valence-electron chi connectivity index (χ2n) is 7.38. The van der Waals surface area contributed by atoms with Gasteiger partial charge in [-0.15, -0.1) is 0 Å². The molecule has 152 valence electrons. The molecular formula is C26H18O5. The number of para-hydroxylation sites is 1. The molecule has 0 radical (unpaired) electrons. The number of hydrogen-bond donors (Lipinski definition) is 0. The number of hydrogen-bond acceptors (Lipinski definition) is 5. The Labute approximate surface area is 177 Å². The van der Waals surface area contributed by atoms with Gasteiger partial charge in [0, 0.05) is 22.4 Å². The number of fused-ring (bicyclic) bond motifs is 2. The minimum Gasteiger partial charge on any atom is -0.456 e. The summed E-state index contributed by atoms with van der Waals surface area (Å²) in [5.41, 5.74) is 2.81. The molecule has 2 aromatic heterocycles. The molecule has 0 amide bonds. The topological polar surface area (TPSA) is 69.7 Å². The number of rotatable bonds is 4. The van der Waals surface area contributed by atoms with Gasteiger partial charge in [0.2, 0.25) is 0 Å². The van der Waals surface area contributed by atoms with Crippen LogP contribution in [0, 0.1) is 6.92 Å². The summed E-state index contributed by atoms with van der Waals surface area (Å²) in [6, 6.07) is 23.7. The summed E-state index contributed by atoms with van der Waals surface area (Å²) in [5.74, 6) is 0.598. The van der Waals surface area contributed by atoms with E-state index in [-0.39, 0.29) is 12.4 Å². The van der Waals surface area contributed by atoms with Gasteiger partial charge in [0.25, 0.3) is 0 Å². The number of carbonyl (C=O) groups is 1. The fourth-order valence-electron chi connectivity index (χ4n) is 3.64. The highest BCUT2D eigenvalue weighted by atomic mass is 16.5. The minimum absolute atomic E-state index is 0.165. The third-order valence-corrected chi connectivity index (χ3v) is 5.15. The van der Waals surface area contributed by atoms with Gasteiger partial charge in [0.1, 0.15) is 22.7 Å². The first-order chi connectivity index (χ1) is 15.1. The molecule has 0 aliphatic carbocycles. The molecule has 0 fully saturated rings. The molecule has 0 spiro atoms. The third kappa shape index (κ3) is 3.73. The van der Waals surface area contributed by atoms with Crippen molar-refractivity contribution in [1.29, 1.82) is 0 Å². The molecule has 3 aromatic carbocycles. The van der Waals surface area contributed by atoms with E-state index in [1.807, 2.05) is 60.7 Å². The molecule has 0 N–H and O–H groups in total. The van der Waals surface area contributed by atoms with Gasteiger partial charge in [-0.2, -0.15) is 0 Å². The van der Waals surface area contributed by atoms with Crippen molar-refractivity contribution in [3.05, 3.63) is 100 Å². The van der Waals surface area contributed by atoms with Crippen LogP contribution in [-0.4, -0.2) is 5.97 Å². The molecule has 31 heavy (non-hydrogen) atoms. The number of aryl methyl sites for hydroxylation is 1. The van der Waals surface area contributed by atoms with Crippen molar-refractivity contribution in [3.8, 4) is 17.1 Å². The lowest BCUT2D eigenvalue weighted by Gasteiger charge is -2.10. The minimum atomic E-state index is -0.476. The predicted octanol–water partition coefficient (Wildman–Crippen LogP) is 5.66. The Bertz CT molecular complexity index is 1440. The quantitative estimate of drug-likeness (QED) is 0.217. The van der Waals surface area contributed by atoms with Crippen LogP contribution in [0.1, 0.15) is 11.1 Å². The number of furan rings is 1. The average molecular weight is 410 g/mol. The van der Waals surface area contributed by atoms with Crippen molar-refractivity contribution < 1.29 is 18.4 Å². The highest BCUT2D eigenvalue weighted by Gasteiger charge is 2.16. The average Bonchev–Trinajstić information content (AvgIpc) is 3.19. The molecule has 0 saturated carbocycles. The maximum Gasteiger partial charge on any atom is 0.336 e. The zero-order valence-electron chi connectivity index (χ0n) is 16.8. The van der Waals surface area contributed by atoms with Crippen molar-refractivity contribution >= 4 is 27.9 Å². The maximum absolute atomic E-state index is 12.5. The second-order valence-corrected chi connectivity index (χ2v) is 7.38. The van der Waals surface area contributed by atoms with E-state index in [0.717, 1.165) is 16.5 Å². The van der Waals surface area contributed by atoms with Crippen molar-refractivity contribution in [2.75, 3.05) is 0 Å². The van der Waals surface area contributed by atoms with Gasteiger partial charge < -0.3 is 13.6 Å². The van der Waals surface area contributed by atoms with Gasteiger partial charge in [0.15, 0.2) is 0 Å². The smallest absolute Gasteiger partial charge is 0.336 e. The molecule has 0 aliphatic rings. The third-order valence-electron chi connectivity index (χ3n) is 5.15.